The summed E-state index contributed by atoms with van der Waals surface area (Å²) in [5.41, 5.74) is -1.67. The summed E-state index contributed by atoms with van der Waals surface area (Å²) in [5, 5.41) is 22.1. The van der Waals surface area contributed by atoms with Gasteiger partial charge in [0.2, 0.25) is 0 Å². The first kappa shape index (κ1) is 20.6. The van der Waals surface area contributed by atoms with Crippen LogP contribution in [0.25, 0.3) is 0 Å². The van der Waals surface area contributed by atoms with Gasteiger partial charge in [0.15, 0.2) is 0 Å². The predicted molar refractivity (Wildman–Crippen MR) is 102 cm³/mol. The van der Waals surface area contributed by atoms with E-state index >= 15 is 0 Å². The number of esters is 1. The Bertz CT molecular complexity index is 783. The molecule has 0 bridgehead atoms. The number of fused-ring (bicyclic) bond motifs is 2. The highest BCUT2D eigenvalue weighted by Gasteiger charge is 2.76. The fourth-order valence-electron chi connectivity index (χ4n) is 6.15. The molecule has 0 amide bonds. The van der Waals surface area contributed by atoms with Crippen molar-refractivity contribution in [1.29, 1.82) is 0 Å². The summed E-state index contributed by atoms with van der Waals surface area (Å²) >= 11 is 0. The third-order valence-electron chi connectivity index (χ3n) is 7.96. The van der Waals surface area contributed by atoms with Crippen molar-refractivity contribution in [3.05, 3.63) is 24.2 Å². The second-order valence-corrected chi connectivity index (χ2v) is 9.43. The number of carbonyl (C=O) groups excluding carboxylic acids is 2. The first-order chi connectivity index (χ1) is 13.7. The van der Waals surface area contributed by atoms with E-state index in [2.05, 4.69) is 0 Å². The number of ketones is 1. The molecule has 2 heterocycles. The normalized spacial score (nSPS) is 42.4. The maximum atomic E-state index is 13.5. The Morgan fingerprint density at radius 3 is 2.76 bits per heavy atom. The van der Waals surface area contributed by atoms with E-state index in [4.69, 9.17) is 13.9 Å². The van der Waals surface area contributed by atoms with Gasteiger partial charge in [0, 0.05) is 24.8 Å². The molecule has 1 unspecified atom stereocenters. The number of hydrogen-bond donors (Lipinski definition) is 2. The zero-order valence-corrected chi connectivity index (χ0v) is 17.2. The zero-order chi connectivity index (χ0) is 21.0. The number of aliphatic hydroxyl groups excluding tert-OH is 2. The van der Waals surface area contributed by atoms with Crippen LogP contribution >= 0.6 is 0 Å². The summed E-state index contributed by atoms with van der Waals surface area (Å²) in [7, 11) is 0. The van der Waals surface area contributed by atoms with Gasteiger partial charge in [-0.1, -0.05) is 13.8 Å². The summed E-state index contributed by atoms with van der Waals surface area (Å²) in [6.07, 6.45) is 3.24. The van der Waals surface area contributed by atoms with Crippen molar-refractivity contribution < 1.29 is 33.7 Å². The van der Waals surface area contributed by atoms with Crippen LogP contribution in [0.3, 0.4) is 0 Å². The molecular weight excluding hydrogens is 376 g/mol. The highest BCUT2D eigenvalue weighted by atomic mass is 16.6. The first-order valence-electron chi connectivity index (χ1n) is 10.4. The Morgan fingerprint density at radius 1 is 1.45 bits per heavy atom. The van der Waals surface area contributed by atoms with Crippen molar-refractivity contribution in [2.45, 2.75) is 64.3 Å². The average molecular weight is 406 g/mol. The fourth-order valence-corrected chi connectivity index (χ4v) is 6.15. The standard InChI is InChI=1S/C22H30O7/c1-13-8-18(26)22(12-28-14(2)23)19(16(24)4-6-21(22)11-29-21)20(13,3)9-17(25)15-5-7-27-10-15/h5,7,10,13,16-17,19,24-25H,4,6,8-9,11-12H2,1-3H3/t13-,16+,17?,19-,20+,21+,22-/m1/s1. The highest BCUT2D eigenvalue weighted by Crippen LogP contribution is 2.67. The molecule has 0 aromatic carbocycles. The molecule has 1 spiro atoms. The Hall–Kier alpha value is -1.70. The molecule has 2 saturated carbocycles. The van der Waals surface area contributed by atoms with E-state index in [0.29, 0.717) is 37.9 Å². The van der Waals surface area contributed by atoms with E-state index in [0.717, 1.165) is 0 Å². The van der Waals surface area contributed by atoms with Gasteiger partial charge in [-0.15, -0.1) is 0 Å². The lowest BCUT2D eigenvalue weighted by molar-refractivity contribution is -0.206. The van der Waals surface area contributed by atoms with E-state index in [1.807, 2.05) is 13.8 Å². The van der Waals surface area contributed by atoms with Gasteiger partial charge in [-0.25, -0.2) is 0 Å². The number of furan rings is 1. The Kier molecular flexibility index (Phi) is 4.91. The van der Waals surface area contributed by atoms with Crippen LogP contribution in [0.5, 0.6) is 0 Å². The summed E-state index contributed by atoms with van der Waals surface area (Å²) in [6, 6.07) is 1.72. The van der Waals surface area contributed by atoms with Crippen molar-refractivity contribution in [3.8, 4) is 0 Å². The van der Waals surface area contributed by atoms with Crippen LogP contribution in [0, 0.1) is 22.7 Å². The average Bonchev–Trinajstić information content (AvgIpc) is 3.22. The van der Waals surface area contributed by atoms with Gasteiger partial charge in [0.25, 0.3) is 0 Å². The molecule has 1 aromatic rings. The Labute approximate surface area is 170 Å². The topological polar surface area (TPSA) is 110 Å². The molecule has 7 nitrogen and oxygen atoms in total. The summed E-state index contributed by atoms with van der Waals surface area (Å²) in [4.78, 5) is 25.2. The molecule has 1 aromatic heterocycles. The number of ether oxygens (including phenoxy) is 2. The quantitative estimate of drug-likeness (QED) is 0.571. The van der Waals surface area contributed by atoms with E-state index < -0.39 is 40.5 Å². The van der Waals surface area contributed by atoms with E-state index in [1.165, 1.54) is 19.5 Å². The summed E-state index contributed by atoms with van der Waals surface area (Å²) in [6.45, 7) is 5.69. The molecule has 2 aliphatic carbocycles. The molecule has 1 aliphatic heterocycles. The Balaban J connectivity index is 1.77. The minimum absolute atomic E-state index is 0.0113. The third kappa shape index (κ3) is 2.97. The molecule has 4 rings (SSSR count). The van der Waals surface area contributed by atoms with Crippen LogP contribution in [0.2, 0.25) is 0 Å². The van der Waals surface area contributed by atoms with Crippen LogP contribution in [0.1, 0.15) is 58.1 Å². The van der Waals surface area contributed by atoms with Crippen molar-refractivity contribution in [3.63, 3.8) is 0 Å². The number of hydrogen-bond acceptors (Lipinski definition) is 7. The minimum Gasteiger partial charge on any atom is -0.472 e. The van der Waals surface area contributed by atoms with Crippen molar-refractivity contribution in [2.75, 3.05) is 13.2 Å². The number of epoxide rings is 1. The maximum absolute atomic E-state index is 13.5. The van der Waals surface area contributed by atoms with Gasteiger partial charge in [0.1, 0.15) is 18.0 Å². The third-order valence-corrected chi connectivity index (χ3v) is 7.96. The van der Waals surface area contributed by atoms with Crippen molar-refractivity contribution >= 4 is 11.8 Å². The molecule has 1 saturated heterocycles. The molecule has 3 aliphatic rings. The van der Waals surface area contributed by atoms with Gasteiger partial charge in [-0.2, -0.15) is 0 Å². The lowest BCUT2D eigenvalue weighted by Crippen LogP contribution is -2.68. The number of rotatable bonds is 5. The van der Waals surface area contributed by atoms with E-state index in [-0.39, 0.29) is 18.3 Å². The maximum Gasteiger partial charge on any atom is 0.302 e. The second-order valence-electron chi connectivity index (χ2n) is 9.43. The monoisotopic (exact) mass is 406 g/mol. The summed E-state index contributed by atoms with van der Waals surface area (Å²) < 4.78 is 16.4. The van der Waals surface area contributed by atoms with E-state index in [9.17, 15) is 19.8 Å². The fraction of sp³-hybridized carbons (Fsp3) is 0.727. The van der Waals surface area contributed by atoms with E-state index in [1.54, 1.807) is 6.07 Å². The molecule has 2 N–H and O–H groups in total. The van der Waals surface area contributed by atoms with Gasteiger partial charge in [0.05, 0.1) is 36.8 Å². The van der Waals surface area contributed by atoms with Gasteiger partial charge < -0.3 is 24.1 Å². The SMILES string of the molecule is CC(=O)OC[C@@]12C(=O)C[C@@H](C)[C@](C)(CC(O)c3ccoc3)[C@H]1[C@@H](O)CC[C@]21CO1. The molecule has 7 atom stereocenters. The summed E-state index contributed by atoms with van der Waals surface area (Å²) in [5.74, 6) is -1.01. The first-order valence-corrected chi connectivity index (χ1v) is 10.4. The lowest BCUT2D eigenvalue weighted by Gasteiger charge is -2.61. The number of Topliss-reactive ketones (excluding diaryl/α,β-unsaturated/α-hetero) is 1. The Morgan fingerprint density at radius 2 is 2.17 bits per heavy atom. The second kappa shape index (κ2) is 6.93. The van der Waals surface area contributed by atoms with Crippen molar-refractivity contribution in [1.82, 2.24) is 0 Å². The van der Waals surface area contributed by atoms with Crippen LogP contribution in [-0.4, -0.2) is 46.9 Å². The molecular formula is C22H30O7. The smallest absolute Gasteiger partial charge is 0.302 e. The highest BCUT2D eigenvalue weighted by molar-refractivity contribution is 5.89. The van der Waals surface area contributed by atoms with Gasteiger partial charge in [-0.3, -0.25) is 9.59 Å². The zero-order valence-electron chi connectivity index (χ0n) is 17.2. The molecule has 0 radical (unpaired) electrons. The minimum atomic E-state index is -1.09. The number of aliphatic hydroxyl groups is 2. The molecule has 160 valence electrons. The van der Waals surface area contributed by atoms with Crippen LogP contribution in [0.4, 0.5) is 0 Å². The molecule has 3 fully saturated rings. The van der Waals surface area contributed by atoms with Crippen LogP contribution < -0.4 is 0 Å². The van der Waals surface area contributed by atoms with Gasteiger partial charge in [-0.05, 0) is 36.7 Å². The van der Waals surface area contributed by atoms with Crippen molar-refractivity contribution in [2.24, 2.45) is 22.7 Å². The van der Waals surface area contributed by atoms with Crippen LogP contribution in [-0.2, 0) is 19.1 Å². The largest absolute Gasteiger partial charge is 0.472 e. The predicted octanol–water partition coefficient (Wildman–Crippen LogP) is 2.41. The molecule has 29 heavy (non-hydrogen) atoms. The number of carbonyl (C=O) groups is 2. The van der Waals surface area contributed by atoms with Gasteiger partial charge >= 0.3 is 5.97 Å². The van der Waals surface area contributed by atoms with Crippen LogP contribution in [0.15, 0.2) is 23.0 Å². The lowest BCUT2D eigenvalue weighted by atomic mass is 9.42. The molecule has 7 heteroatoms.